The summed E-state index contributed by atoms with van der Waals surface area (Å²) in [4.78, 5) is 14.8. The van der Waals surface area contributed by atoms with Crippen molar-refractivity contribution in [2.45, 2.75) is 37.8 Å². The number of ether oxygens (including phenoxy) is 1. The average Bonchev–Trinajstić information content (AvgIpc) is 3.45. The maximum absolute atomic E-state index is 12.5. The fourth-order valence-electron chi connectivity index (χ4n) is 3.57. The van der Waals surface area contributed by atoms with E-state index in [1.54, 1.807) is 7.11 Å². The predicted octanol–water partition coefficient (Wildman–Crippen LogP) is 2.37. The van der Waals surface area contributed by atoms with Crippen LogP contribution in [0.4, 0.5) is 0 Å². The highest BCUT2D eigenvalue weighted by Crippen LogP contribution is 2.41. The molecule has 3 rings (SSSR count). The molecule has 2 aliphatic rings. The van der Waals surface area contributed by atoms with Crippen LogP contribution in [0.1, 0.15) is 37.3 Å². The number of benzene rings is 1. The maximum atomic E-state index is 12.5. The van der Waals surface area contributed by atoms with Crippen LogP contribution in [0, 0.1) is 5.92 Å². The largest absolute Gasteiger partial charge is 0.497 e. The molecule has 1 aromatic rings. The third kappa shape index (κ3) is 5.59. The number of amides is 1. The van der Waals surface area contributed by atoms with Gasteiger partial charge in [0.25, 0.3) is 0 Å². The standard InChI is InChI=1S/C19H29N3O2.ClH/c1-20-16-4-3-11-22(12-16)13-18(23)21-19(14-5-6-14)15-7-9-17(24-2)10-8-15;/h7-10,14,16,19-20H,3-6,11-13H2,1-2H3,(H,21,23);1H. The second-order valence-corrected chi connectivity index (χ2v) is 7.02. The van der Waals surface area contributed by atoms with Gasteiger partial charge in [-0.05, 0) is 62.9 Å². The van der Waals surface area contributed by atoms with E-state index in [0.29, 0.717) is 18.5 Å². The first-order valence-electron chi connectivity index (χ1n) is 9.02. The van der Waals surface area contributed by atoms with Gasteiger partial charge >= 0.3 is 0 Å². The van der Waals surface area contributed by atoms with Crippen LogP contribution in [0.5, 0.6) is 5.75 Å². The summed E-state index contributed by atoms with van der Waals surface area (Å²) in [5.41, 5.74) is 1.18. The molecule has 0 radical (unpaired) electrons. The summed E-state index contributed by atoms with van der Waals surface area (Å²) in [7, 11) is 3.67. The van der Waals surface area contributed by atoms with Gasteiger partial charge < -0.3 is 15.4 Å². The van der Waals surface area contributed by atoms with E-state index in [1.165, 1.54) is 24.8 Å². The molecular formula is C19H30ClN3O2. The highest BCUT2D eigenvalue weighted by Gasteiger charge is 2.33. The third-order valence-electron chi connectivity index (χ3n) is 5.17. The summed E-state index contributed by atoms with van der Waals surface area (Å²) >= 11 is 0. The van der Waals surface area contributed by atoms with Gasteiger partial charge in [0.2, 0.25) is 5.91 Å². The lowest BCUT2D eigenvalue weighted by Gasteiger charge is -2.32. The first kappa shape index (κ1) is 20.0. The Morgan fingerprint density at radius 2 is 2.00 bits per heavy atom. The Bertz CT molecular complexity index is 548. The van der Waals surface area contributed by atoms with E-state index in [-0.39, 0.29) is 24.4 Å². The zero-order valence-corrected chi connectivity index (χ0v) is 16.0. The maximum Gasteiger partial charge on any atom is 0.234 e. The molecule has 2 N–H and O–H groups in total. The number of hydrogen-bond acceptors (Lipinski definition) is 4. The molecule has 1 heterocycles. The molecule has 2 atom stereocenters. The van der Waals surface area contributed by atoms with Crippen LogP contribution in [-0.2, 0) is 4.79 Å². The molecule has 1 saturated heterocycles. The summed E-state index contributed by atoms with van der Waals surface area (Å²) in [6.45, 7) is 2.47. The van der Waals surface area contributed by atoms with Crippen molar-refractivity contribution in [1.29, 1.82) is 0 Å². The summed E-state index contributed by atoms with van der Waals surface area (Å²) in [5, 5.41) is 6.60. The molecule has 6 heteroatoms. The molecule has 1 amide bonds. The van der Waals surface area contributed by atoms with E-state index >= 15 is 0 Å². The summed E-state index contributed by atoms with van der Waals surface area (Å²) in [5.74, 6) is 1.57. The Kier molecular flexibility index (Phi) is 7.54. The smallest absolute Gasteiger partial charge is 0.234 e. The highest BCUT2D eigenvalue weighted by atomic mass is 35.5. The van der Waals surface area contributed by atoms with Gasteiger partial charge in [-0.25, -0.2) is 0 Å². The number of likely N-dealkylation sites (tertiary alicyclic amines) is 1. The van der Waals surface area contributed by atoms with Crippen LogP contribution in [0.25, 0.3) is 0 Å². The van der Waals surface area contributed by atoms with Crippen molar-refractivity contribution in [3.05, 3.63) is 29.8 Å². The van der Waals surface area contributed by atoms with Gasteiger partial charge in [-0.2, -0.15) is 0 Å². The molecule has 0 bridgehead atoms. The van der Waals surface area contributed by atoms with Crippen molar-refractivity contribution < 1.29 is 9.53 Å². The highest BCUT2D eigenvalue weighted by molar-refractivity contribution is 5.85. The number of hydrogen-bond donors (Lipinski definition) is 2. The van der Waals surface area contributed by atoms with Crippen molar-refractivity contribution in [3.63, 3.8) is 0 Å². The molecule has 0 spiro atoms. The number of carbonyl (C=O) groups is 1. The molecule has 140 valence electrons. The number of rotatable bonds is 7. The lowest BCUT2D eigenvalue weighted by molar-refractivity contribution is -0.123. The fraction of sp³-hybridized carbons (Fsp3) is 0.632. The van der Waals surface area contributed by atoms with Gasteiger partial charge in [0, 0.05) is 12.6 Å². The second-order valence-electron chi connectivity index (χ2n) is 7.02. The number of nitrogens with zero attached hydrogens (tertiary/aromatic N) is 1. The Labute approximate surface area is 156 Å². The molecule has 0 aromatic heterocycles. The minimum atomic E-state index is 0. The molecule has 1 aliphatic carbocycles. The molecule has 5 nitrogen and oxygen atoms in total. The van der Waals surface area contributed by atoms with E-state index in [9.17, 15) is 4.79 Å². The normalized spacial score (nSPS) is 21.9. The van der Waals surface area contributed by atoms with E-state index in [4.69, 9.17) is 4.74 Å². The lowest BCUT2D eigenvalue weighted by atomic mass is 10.0. The Balaban J connectivity index is 0.00000225. The number of carbonyl (C=O) groups excluding carboxylic acids is 1. The molecule has 2 fully saturated rings. The van der Waals surface area contributed by atoms with Crippen molar-refractivity contribution in [2.24, 2.45) is 5.92 Å². The van der Waals surface area contributed by atoms with Gasteiger partial charge in [-0.3, -0.25) is 9.69 Å². The SMILES string of the molecule is CNC1CCCN(CC(=O)NC(c2ccc(OC)cc2)C2CC2)C1.Cl. The van der Waals surface area contributed by atoms with E-state index < -0.39 is 0 Å². The van der Waals surface area contributed by atoms with E-state index in [1.807, 2.05) is 19.2 Å². The van der Waals surface area contributed by atoms with Crippen LogP contribution in [0.2, 0.25) is 0 Å². The molecular weight excluding hydrogens is 338 g/mol. The third-order valence-corrected chi connectivity index (χ3v) is 5.17. The molecule has 1 aliphatic heterocycles. The second kappa shape index (κ2) is 9.41. The topological polar surface area (TPSA) is 53.6 Å². The van der Waals surface area contributed by atoms with Crippen molar-refractivity contribution >= 4 is 18.3 Å². The number of nitrogens with one attached hydrogen (secondary N) is 2. The molecule has 1 aromatic carbocycles. The van der Waals surface area contributed by atoms with Crippen LogP contribution >= 0.6 is 12.4 Å². The Morgan fingerprint density at radius 3 is 2.60 bits per heavy atom. The van der Waals surface area contributed by atoms with E-state index in [0.717, 1.165) is 25.3 Å². The number of halogens is 1. The summed E-state index contributed by atoms with van der Waals surface area (Å²) in [6, 6.07) is 8.72. The van der Waals surface area contributed by atoms with E-state index in [2.05, 4.69) is 27.7 Å². The predicted molar refractivity (Wildman–Crippen MR) is 102 cm³/mol. The van der Waals surface area contributed by atoms with Gasteiger partial charge in [0.1, 0.15) is 5.75 Å². The zero-order chi connectivity index (χ0) is 16.9. The van der Waals surface area contributed by atoms with Crippen LogP contribution in [0.15, 0.2) is 24.3 Å². The Morgan fingerprint density at radius 1 is 1.28 bits per heavy atom. The van der Waals surface area contributed by atoms with Crippen LogP contribution in [-0.4, -0.2) is 50.6 Å². The average molecular weight is 368 g/mol. The van der Waals surface area contributed by atoms with Crippen molar-refractivity contribution in [1.82, 2.24) is 15.5 Å². The van der Waals surface area contributed by atoms with Crippen LogP contribution < -0.4 is 15.4 Å². The zero-order valence-electron chi connectivity index (χ0n) is 15.2. The fourth-order valence-corrected chi connectivity index (χ4v) is 3.57. The first-order chi connectivity index (χ1) is 11.7. The summed E-state index contributed by atoms with van der Waals surface area (Å²) in [6.07, 6.45) is 4.75. The Hall–Kier alpha value is -1.30. The molecule has 25 heavy (non-hydrogen) atoms. The van der Waals surface area contributed by atoms with Crippen LogP contribution in [0.3, 0.4) is 0 Å². The number of likely N-dealkylation sites (N-methyl/N-ethyl adjacent to an activating group) is 1. The van der Waals surface area contributed by atoms with Gasteiger partial charge in [0.05, 0.1) is 19.7 Å². The molecule has 1 saturated carbocycles. The summed E-state index contributed by atoms with van der Waals surface area (Å²) < 4.78 is 5.23. The number of methoxy groups -OCH3 is 1. The molecule has 2 unspecified atom stereocenters. The van der Waals surface area contributed by atoms with Gasteiger partial charge in [-0.15, -0.1) is 12.4 Å². The first-order valence-corrected chi connectivity index (χ1v) is 9.02. The van der Waals surface area contributed by atoms with Crippen molar-refractivity contribution in [2.75, 3.05) is 33.8 Å². The van der Waals surface area contributed by atoms with Gasteiger partial charge in [-0.1, -0.05) is 12.1 Å². The monoisotopic (exact) mass is 367 g/mol. The minimum Gasteiger partial charge on any atom is -0.497 e. The lowest BCUT2D eigenvalue weighted by Crippen LogP contribution is -2.48. The van der Waals surface area contributed by atoms with Crippen molar-refractivity contribution in [3.8, 4) is 5.75 Å². The quantitative estimate of drug-likeness (QED) is 0.776. The number of piperidine rings is 1. The minimum absolute atomic E-state index is 0. The van der Waals surface area contributed by atoms with Gasteiger partial charge in [0.15, 0.2) is 0 Å².